The van der Waals surface area contributed by atoms with Crippen LogP contribution in [0.15, 0.2) is 58.8 Å². The number of nitrogens with one attached hydrogen (secondary N) is 1. The number of piperidine rings is 1. The molecule has 0 bridgehead atoms. The van der Waals surface area contributed by atoms with Gasteiger partial charge in [-0.25, -0.2) is 17.8 Å². The number of nitrogens with zero attached hydrogens (tertiary/aromatic N) is 2. The van der Waals surface area contributed by atoms with Crippen molar-refractivity contribution in [2.45, 2.75) is 24.7 Å². The zero-order valence-corrected chi connectivity index (χ0v) is 18.5. The smallest absolute Gasteiger partial charge is 0.243 e. The molecule has 1 aliphatic rings. The van der Waals surface area contributed by atoms with Gasteiger partial charge in [-0.2, -0.15) is 4.31 Å². The number of aromatic nitrogens is 1. The van der Waals surface area contributed by atoms with E-state index < -0.39 is 10.0 Å². The fourth-order valence-electron chi connectivity index (χ4n) is 3.51. The highest BCUT2D eigenvalue weighted by atomic mass is 32.2. The average molecular weight is 460 g/mol. The van der Waals surface area contributed by atoms with E-state index in [2.05, 4.69) is 10.3 Å². The van der Waals surface area contributed by atoms with E-state index >= 15 is 0 Å². The number of hydrogen-bond acceptors (Lipinski definition) is 5. The maximum absolute atomic E-state index is 13.1. The zero-order chi connectivity index (χ0) is 22.0. The minimum Gasteiger partial charge on any atom is -0.302 e. The summed E-state index contributed by atoms with van der Waals surface area (Å²) in [5, 5.41) is 5.11. The normalized spacial score (nSPS) is 15.7. The maximum Gasteiger partial charge on any atom is 0.243 e. The Hall–Kier alpha value is -2.62. The summed E-state index contributed by atoms with van der Waals surface area (Å²) in [5.41, 5.74) is 2.44. The summed E-state index contributed by atoms with van der Waals surface area (Å²) in [7, 11) is -3.55. The second-order valence-corrected chi connectivity index (χ2v) is 10.3. The molecule has 1 aromatic heterocycles. The summed E-state index contributed by atoms with van der Waals surface area (Å²) < 4.78 is 40.2. The number of halogens is 1. The van der Waals surface area contributed by atoms with Crippen molar-refractivity contribution in [1.82, 2.24) is 9.29 Å². The Morgan fingerprint density at radius 2 is 1.74 bits per heavy atom. The molecule has 1 amide bonds. The third-order valence-corrected chi connectivity index (χ3v) is 8.03. The molecule has 0 aliphatic carbocycles. The number of amides is 1. The van der Waals surface area contributed by atoms with Gasteiger partial charge >= 0.3 is 0 Å². The molecular weight excluding hydrogens is 437 g/mol. The van der Waals surface area contributed by atoms with E-state index in [0.29, 0.717) is 36.8 Å². The number of sulfonamides is 1. The lowest BCUT2D eigenvalue weighted by atomic mass is 9.97. The van der Waals surface area contributed by atoms with Crippen LogP contribution in [0.5, 0.6) is 0 Å². The number of aryl methyl sites for hydroxylation is 1. The summed E-state index contributed by atoms with van der Waals surface area (Å²) in [6.45, 7) is 2.51. The summed E-state index contributed by atoms with van der Waals surface area (Å²) >= 11 is 1.30. The first-order valence-corrected chi connectivity index (χ1v) is 12.2. The number of rotatable bonds is 5. The molecule has 2 aromatic carbocycles. The minimum atomic E-state index is -3.55. The summed E-state index contributed by atoms with van der Waals surface area (Å²) in [4.78, 5) is 17.3. The van der Waals surface area contributed by atoms with E-state index in [4.69, 9.17) is 0 Å². The van der Waals surface area contributed by atoms with Gasteiger partial charge in [0.2, 0.25) is 15.9 Å². The van der Waals surface area contributed by atoms with Crippen LogP contribution in [-0.2, 0) is 14.8 Å². The third-order valence-electron chi connectivity index (χ3n) is 5.36. The summed E-state index contributed by atoms with van der Waals surface area (Å²) in [6.07, 6.45) is 0.903. The Bertz CT molecular complexity index is 1170. The van der Waals surface area contributed by atoms with Crippen molar-refractivity contribution in [2.75, 3.05) is 18.4 Å². The molecule has 0 atom stereocenters. The Morgan fingerprint density at radius 3 is 2.39 bits per heavy atom. The van der Waals surface area contributed by atoms with Crippen LogP contribution in [-0.4, -0.2) is 36.7 Å². The fraction of sp³-hybridized carbons (Fsp3) is 0.273. The lowest BCUT2D eigenvalue weighted by molar-refractivity contribution is -0.120. The van der Waals surface area contributed by atoms with Crippen molar-refractivity contribution in [3.63, 3.8) is 0 Å². The number of anilines is 1. The molecule has 1 fully saturated rings. The first kappa shape index (κ1) is 21.6. The largest absolute Gasteiger partial charge is 0.302 e. The van der Waals surface area contributed by atoms with Crippen molar-refractivity contribution in [3.05, 3.63) is 65.3 Å². The first-order chi connectivity index (χ1) is 14.8. The Morgan fingerprint density at radius 1 is 1.10 bits per heavy atom. The Labute approximate surface area is 184 Å². The van der Waals surface area contributed by atoms with Crippen LogP contribution in [0.4, 0.5) is 9.52 Å². The van der Waals surface area contributed by atoms with E-state index in [-0.39, 0.29) is 22.5 Å². The van der Waals surface area contributed by atoms with Crippen LogP contribution >= 0.6 is 11.3 Å². The predicted molar refractivity (Wildman–Crippen MR) is 119 cm³/mol. The molecule has 162 valence electrons. The second-order valence-electron chi connectivity index (χ2n) is 7.53. The van der Waals surface area contributed by atoms with E-state index in [1.807, 2.05) is 6.92 Å². The van der Waals surface area contributed by atoms with Gasteiger partial charge in [0.25, 0.3) is 0 Å². The van der Waals surface area contributed by atoms with Crippen molar-refractivity contribution in [3.8, 4) is 11.3 Å². The van der Waals surface area contributed by atoms with Crippen molar-refractivity contribution < 1.29 is 17.6 Å². The summed E-state index contributed by atoms with van der Waals surface area (Å²) in [6, 6.07) is 12.8. The van der Waals surface area contributed by atoms with Crippen LogP contribution in [0.3, 0.4) is 0 Å². The molecule has 1 N–H and O–H groups in total. The number of carbonyl (C=O) groups is 1. The minimum absolute atomic E-state index is 0.160. The van der Waals surface area contributed by atoms with Crippen molar-refractivity contribution in [2.24, 2.45) is 5.92 Å². The highest BCUT2D eigenvalue weighted by molar-refractivity contribution is 7.89. The Balaban J connectivity index is 1.35. The molecule has 0 saturated carbocycles. The number of benzene rings is 2. The van der Waals surface area contributed by atoms with E-state index in [1.54, 1.807) is 41.8 Å². The molecule has 1 saturated heterocycles. The molecule has 6 nitrogen and oxygen atoms in total. The van der Waals surface area contributed by atoms with Gasteiger partial charge in [0, 0.05) is 30.0 Å². The van der Waals surface area contributed by atoms with Gasteiger partial charge in [-0.05, 0) is 56.2 Å². The molecule has 1 aliphatic heterocycles. The van der Waals surface area contributed by atoms with Gasteiger partial charge in [0.05, 0.1) is 10.6 Å². The third kappa shape index (κ3) is 4.84. The van der Waals surface area contributed by atoms with Crippen LogP contribution < -0.4 is 5.32 Å². The van der Waals surface area contributed by atoms with E-state index in [0.717, 1.165) is 11.1 Å². The average Bonchev–Trinajstić information content (AvgIpc) is 3.23. The second kappa shape index (κ2) is 8.86. The van der Waals surface area contributed by atoms with E-state index in [9.17, 15) is 17.6 Å². The van der Waals surface area contributed by atoms with Gasteiger partial charge in [0.1, 0.15) is 5.82 Å². The van der Waals surface area contributed by atoms with Gasteiger partial charge < -0.3 is 5.32 Å². The van der Waals surface area contributed by atoms with Gasteiger partial charge in [-0.3, -0.25) is 4.79 Å². The number of carbonyl (C=O) groups excluding carboxylic acids is 1. The predicted octanol–water partition coefficient (Wildman–Crippen LogP) is 4.30. The lowest BCUT2D eigenvalue weighted by Crippen LogP contribution is -2.41. The Kier molecular flexibility index (Phi) is 6.17. The zero-order valence-electron chi connectivity index (χ0n) is 16.9. The molecule has 2 heterocycles. The fourth-order valence-corrected chi connectivity index (χ4v) is 5.70. The monoisotopic (exact) mass is 459 g/mol. The number of hydrogen-bond donors (Lipinski definition) is 1. The van der Waals surface area contributed by atoms with Crippen LogP contribution in [0.1, 0.15) is 18.4 Å². The highest BCUT2D eigenvalue weighted by Gasteiger charge is 2.32. The van der Waals surface area contributed by atoms with Gasteiger partial charge in [0.15, 0.2) is 5.13 Å². The maximum atomic E-state index is 13.1. The molecule has 4 rings (SSSR count). The van der Waals surface area contributed by atoms with Crippen LogP contribution in [0.25, 0.3) is 11.3 Å². The van der Waals surface area contributed by atoms with E-state index in [1.165, 1.54) is 27.8 Å². The SMILES string of the molecule is Cc1ccc(S(=O)(=O)N2CCC(C(=O)Nc3nc(-c4ccc(F)cc4)cs3)CC2)cc1. The van der Waals surface area contributed by atoms with Crippen LogP contribution in [0.2, 0.25) is 0 Å². The molecule has 31 heavy (non-hydrogen) atoms. The first-order valence-electron chi connectivity index (χ1n) is 9.92. The van der Waals surface area contributed by atoms with Crippen molar-refractivity contribution in [1.29, 1.82) is 0 Å². The molecular formula is C22H22FN3O3S2. The molecule has 3 aromatic rings. The number of thiazole rings is 1. The standard InChI is InChI=1S/C22H22FN3O3S2/c1-15-2-8-19(9-3-15)31(28,29)26-12-10-17(11-13-26)21(27)25-22-24-20(14-30-22)16-4-6-18(23)7-5-16/h2-9,14,17H,10-13H2,1H3,(H,24,25,27). The molecule has 0 unspecified atom stereocenters. The quantitative estimate of drug-likeness (QED) is 0.617. The molecule has 9 heteroatoms. The molecule has 0 spiro atoms. The van der Waals surface area contributed by atoms with Crippen LogP contribution in [0, 0.1) is 18.7 Å². The molecule has 0 radical (unpaired) electrons. The van der Waals surface area contributed by atoms with Gasteiger partial charge in [-0.1, -0.05) is 17.7 Å². The van der Waals surface area contributed by atoms with Gasteiger partial charge in [-0.15, -0.1) is 11.3 Å². The topological polar surface area (TPSA) is 79.4 Å². The highest BCUT2D eigenvalue weighted by Crippen LogP contribution is 2.28. The lowest BCUT2D eigenvalue weighted by Gasteiger charge is -2.30. The summed E-state index contributed by atoms with van der Waals surface area (Å²) in [5.74, 6) is -0.752. The van der Waals surface area contributed by atoms with Crippen molar-refractivity contribution >= 4 is 32.4 Å².